The summed E-state index contributed by atoms with van der Waals surface area (Å²) in [6.07, 6.45) is 15.4. The molecule has 27 heavy (non-hydrogen) atoms. The second-order valence-electron chi connectivity index (χ2n) is 8.12. The topological polar surface area (TPSA) is 9.23 Å². The van der Waals surface area contributed by atoms with Crippen LogP contribution in [0, 0.1) is 5.92 Å². The van der Waals surface area contributed by atoms with Crippen molar-refractivity contribution >= 4 is 16.3 Å². The van der Waals surface area contributed by atoms with E-state index in [0.717, 1.165) is 24.7 Å². The molecule has 1 heteroatoms. The average Bonchev–Trinajstić information content (AvgIpc) is 2.72. The second kappa shape index (κ2) is 10.5. The van der Waals surface area contributed by atoms with Gasteiger partial charge >= 0.3 is 0 Å². The Bertz CT molecular complexity index is 743. The van der Waals surface area contributed by atoms with Gasteiger partial charge in [0.05, 0.1) is 6.61 Å². The molecule has 2 aromatic rings. The molecule has 3 rings (SSSR count). The third-order valence-electron chi connectivity index (χ3n) is 6.05. The van der Waals surface area contributed by atoms with Crippen molar-refractivity contribution in [1.29, 1.82) is 0 Å². The van der Waals surface area contributed by atoms with E-state index in [4.69, 9.17) is 4.74 Å². The lowest BCUT2D eigenvalue weighted by molar-refractivity contribution is 0.305. The zero-order valence-corrected chi connectivity index (χ0v) is 17.3. The Hall–Kier alpha value is -1.76. The van der Waals surface area contributed by atoms with Crippen LogP contribution in [-0.4, -0.2) is 6.61 Å². The molecule has 2 aromatic carbocycles. The summed E-state index contributed by atoms with van der Waals surface area (Å²) in [4.78, 5) is 0. The fourth-order valence-corrected chi connectivity index (χ4v) is 4.11. The van der Waals surface area contributed by atoms with Crippen molar-refractivity contribution in [2.45, 2.75) is 78.1 Å². The summed E-state index contributed by atoms with van der Waals surface area (Å²) in [5, 5.41) is 2.60. The Kier molecular flexibility index (Phi) is 7.80. The van der Waals surface area contributed by atoms with Crippen LogP contribution in [-0.2, 0) is 0 Å². The van der Waals surface area contributed by atoms with Gasteiger partial charge in [-0.3, -0.25) is 0 Å². The minimum atomic E-state index is 0.835. The Morgan fingerprint density at radius 1 is 0.889 bits per heavy atom. The molecule has 0 amide bonds. The zero-order chi connectivity index (χ0) is 18.9. The van der Waals surface area contributed by atoms with E-state index in [1.165, 1.54) is 79.7 Å². The summed E-state index contributed by atoms with van der Waals surface area (Å²) in [6, 6.07) is 13.4. The van der Waals surface area contributed by atoms with Crippen molar-refractivity contribution in [3.05, 3.63) is 48.0 Å². The lowest BCUT2D eigenvalue weighted by atomic mass is 9.85. The normalized spacial score (nSPS) is 17.1. The first-order valence-electron chi connectivity index (χ1n) is 11.2. The molecule has 0 fully saturated rings. The highest BCUT2D eigenvalue weighted by Crippen LogP contribution is 2.33. The number of hydrogen-bond acceptors (Lipinski definition) is 1. The van der Waals surface area contributed by atoms with Gasteiger partial charge in [-0.25, -0.2) is 0 Å². The molecule has 146 valence electrons. The van der Waals surface area contributed by atoms with Crippen molar-refractivity contribution in [2.24, 2.45) is 5.92 Å². The van der Waals surface area contributed by atoms with Crippen LogP contribution in [0.5, 0.6) is 5.75 Å². The van der Waals surface area contributed by atoms with E-state index in [2.05, 4.69) is 56.3 Å². The van der Waals surface area contributed by atoms with Crippen LogP contribution in [0.4, 0.5) is 0 Å². The molecule has 0 spiro atoms. The Morgan fingerprint density at radius 2 is 1.67 bits per heavy atom. The fraction of sp³-hybridized carbons (Fsp3) is 0.538. The van der Waals surface area contributed by atoms with Crippen LogP contribution in [0.25, 0.3) is 16.3 Å². The maximum absolute atomic E-state index is 5.98. The predicted molar refractivity (Wildman–Crippen MR) is 118 cm³/mol. The van der Waals surface area contributed by atoms with Gasteiger partial charge in [0.25, 0.3) is 0 Å². The first kappa shape index (κ1) is 20.0. The Balaban J connectivity index is 1.55. The monoisotopic (exact) mass is 364 g/mol. The van der Waals surface area contributed by atoms with Gasteiger partial charge in [-0.2, -0.15) is 0 Å². The SMILES string of the molecule is CCCCCCCCOc1ccc2cc(C3=CCC(CC)CC3)ccc2c1. The van der Waals surface area contributed by atoms with Crippen molar-refractivity contribution in [3.63, 3.8) is 0 Å². The average molecular weight is 365 g/mol. The molecular weight excluding hydrogens is 328 g/mol. The number of unbranched alkanes of at least 4 members (excludes halogenated alkanes) is 5. The van der Waals surface area contributed by atoms with Crippen molar-refractivity contribution < 1.29 is 4.74 Å². The van der Waals surface area contributed by atoms with Gasteiger partial charge in [-0.1, -0.05) is 76.6 Å². The molecule has 0 saturated heterocycles. The van der Waals surface area contributed by atoms with Crippen LogP contribution < -0.4 is 4.74 Å². The van der Waals surface area contributed by atoms with Crippen LogP contribution in [0.3, 0.4) is 0 Å². The van der Waals surface area contributed by atoms with E-state index in [9.17, 15) is 0 Å². The van der Waals surface area contributed by atoms with Crippen molar-refractivity contribution in [1.82, 2.24) is 0 Å². The van der Waals surface area contributed by atoms with Gasteiger partial charge in [0.1, 0.15) is 5.75 Å². The van der Waals surface area contributed by atoms with E-state index in [1.54, 1.807) is 0 Å². The lowest BCUT2D eigenvalue weighted by Gasteiger charge is -2.21. The molecule has 1 atom stereocenters. The Morgan fingerprint density at radius 3 is 2.44 bits per heavy atom. The molecule has 0 aromatic heterocycles. The van der Waals surface area contributed by atoms with E-state index in [-0.39, 0.29) is 0 Å². The van der Waals surface area contributed by atoms with E-state index >= 15 is 0 Å². The highest BCUT2D eigenvalue weighted by atomic mass is 16.5. The number of hydrogen-bond donors (Lipinski definition) is 0. The molecule has 0 bridgehead atoms. The highest BCUT2D eigenvalue weighted by Gasteiger charge is 2.14. The molecule has 0 aliphatic heterocycles. The van der Waals surface area contributed by atoms with Gasteiger partial charge in [-0.15, -0.1) is 0 Å². The molecule has 1 nitrogen and oxygen atoms in total. The van der Waals surface area contributed by atoms with E-state index in [1.807, 2.05) is 0 Å². The minimum Gasteiger partial charge on any atom is -0.494 e. The molecule has 0 heterocycles. The molecule has 0 N–H and O–H groups in total. The fourth-order valence-electron chi connectivity index (χ4n) is 4.11. The first-order valence-corrected chi connectivity index (χ1v) is 11.2. The maximum atomic E-state index is 5.98. The minimum absolute atomic E-state index is 0.835. The third kappa shape index (κ3) is 5.86. The molecule has 1 aliphatic rings. The number of fused-ring (bicyclic) bond motifs is 1. The number of benzene rings is 2. The van der Waals surface area contributed by atoms with Gasteiger partial charge in [0.2, 0.25) is 0 Å². The molecule has 1 unspecified atom stereocenters. The number of rotatable bonds is 10. The molecule has 1 aliphatic carbocycles. The number of ether oxygens (including phenoxy) is 1. The van der Waals surface area contributed by atoms with Gasteiger partial charge in [0.15, 0.2) is 0 Å². The summed E-state index contributed by atoms with van der Waals surface area (Å²) in [5.74, 6) is 1.90. The third-order valence-corrected chi connectivity index (χ3v) is 6.05. The smallest absolute Gasteiger partial charge is 0.119 e. The largest absolute Gasteiger partial charge is 0.494 e. The van der Waals surface area contributed by atoms with E-state index in [0.29, 0.717) is 0 Å². The zero-order valence-electron chi connectivity index (χ0n) is 17.3. The summed E-state index contributed by atoms with van der Waals surface area (Å²) in [6.45, 7) is 5.41. The standard InChI is InChI=1S/C26H36O/c1-3-5-6-7-8-9-18-27-26-17-16-24-19-23(14-15-25(24)20-26)22-12-10-21(4-2)11-13-22/h12,14-17,19-21H,3-11,13,18H2,1-2H3. The Labute approximate surface area is 165 Å². The first-order chi connectivity index (χ1) is 13.3. The molecular formula is C26H36O. The summed E-state index contributed by atoms with van der Waals surface area (Å²) >= 11 is 0. The predicted octanol–water partition coefficient (Wildman–Crippen LogP) is 8.17. The van der Waals surface area contributed by atoms with Crippen LogP contribution in [0.2, 0.25) is 0 Å². The second-order valence-corrected chi connectivity index (χ2v) is 8.12. The van der Waals surface area contributed by atoms with Crippen LogP contribution >= 0.6 is 0 Å². The summed E-state index contributed by atoms with van der Waals surface area (Å²) in [7, 11) is 0. The maximum Gasteiger partial charge on any atom is 0.119 e. The van der Waals surface area contributed by atoms with Gasteiger partial charge in [0, 0.05) is 0 Å². The highest BCUT2D eigenvalue weighted by molar-refractivity contribution is 5.87. The summed E-state index contributed by atoms with van der Waals surface area (Å²) < 4.78 is 5.98. The van der Waals surface area contributed by atoms with Crippen LogP contribution in [0.15, 0.2) is 42.5 Å². The van der Waals surface area contributed by atoms with Gasteiger partial charge < -0.3 is 4.74 Å². The van der Waals surface area contributed by atoms with Crippen molar-refractivity contribution in [2.75, 3.05) is 6.61 Å². The molecule has 0 saturated carbocycles. The molecule has 0 radical (unpaired) electrons. The quantitative estimate of drug-likeness (QED) is 0.386. The van der Waals surface area contributed by atoms with Crippen LogP contribution in [0.1, 0.15) is 83.6 Å². The van der Waals surface area contributed by atoms with Crippen molar-refractivity contribution in [3.8, 4) is 5.75 Å². The van der Waals surface area contributed by atoms with Gasteiger partial charge in [-0.05, 0) is 71.7 Å². The van der Waals surface area contributed by atoms with E-state index < -0.39 is 0 Å². The number of allylic oxidation sites excluding steroid dienone is 2. The lowest BCUT2D eigenvalue weighted by Crippen LogP contribution is -2.03. The summed E-state index contributed by atoms with van der Waals surface area (Å²) in [5.41, 5.74) is 2.93.